The first-order valence-electron chi connectivity index (χ1n) is 5.55. The Balaban J connectivity index is 2.56. The van der Waals surface area contributed by atoms with Gasteiger partial charge in [-0.05, 0) is 24.3 Å². The Bertz CT molecular complexity index is 372. The summed E-state index contributed by atoms with van der Waals surface area (Å²) in [5.41, 5.74) is 1.05. The van der Waals surface area contributed by atoms with Crippen LogP contribution in [0.2, 0.25) is 0 Å². The van der Waals surface area contributed by atoms with Gasteiger partial charge in [0.15, 0.2) is 0 Å². The summed E-state index contributed by atoms with van der Waals surface area (Å²) in [7, 11) is 0. The Hall–Kier alpha value is -1.84. The van der Waals surface area contributed by atoms with Crippen molar-refractivity contribution in [1.29, 1.82) is 0 Å². The zero-order chi connectivity index (χ0) is 12.7. The average molecular weight is 236 g/mol. The SMILES string of the molecule is O=C(O)CC[C@H](CC(=O)O)Cc1ccccc1. The van der Waals surface area contributed by atoms with Gasteiger partial charge in [0.25, 0.3) is 0 Å². The van der Waals surface area contributed by atoms with Crippen LogP contribution in [0.3, 0.4) is 0 Å². The molecule has 92 valence electrons. The van der Waals surface area contributed by atoms with Crippen LogP contribution in [0.25, 0.3) is 0 Å². The lowest BCUT2D eigenvalue weighted by atomic mass is 9.92. The third kappa shape index (κ3) is 5.70. The lowest BCUT2D eigenvalue weighted by Gasteiger charge is -2.13. The molecule has 0 bridgehead atoms. The number of carboxylic acids is 2. The second kappa shape index (κ2) is 6.68. The van der Waals surface area contributed by atoms with E-state index >= 15 is 0 Å². The molecular formula is C13H16O4. The molecule has 0 aliphatic heterocycles. The third-order valence-corrected chi connectivity index (χ3v) is 2.60. The molecular weight excluding hydrogens is 220 g/mol. The first-order valence-corrected chi connectivity index (χ1v) is 5.55. The minimum Gasteiger partial charge on any atom is -0.481 e. The number of rotatable bonds is 7. The molecule has 0 aliphatic carbocycles. The standard InChI is InChI=1S/C13H16O4/c14-12(15)7-6-11(9-13(16)17)8-10-4-2-1-3-5-10/h1-5,11H,6-9H2,(H,14,15)(H,16,17)/t11-/m0/s1. The third-order valence-electron chi connectivity index (χ3n) is 2.60. The molecule has 17 heavy (non-hydrogen) atoms. The molecule has 0 saturated carbocycles. The van der Waals surface area contributed by atoms with Crippen molar-refractivity contribution in [1.82, 2.24) is 0 Å². The fraction of sp³-hybridized carbons (Fsp3) is 0.385. The molecule has 1 atom stereocenters. The van der Waals surface area contributed by atoms with E-state index in [0.29, 0.717) is 12.8 Å². The van der Waals surface area contributed by atoms with Gasteiger partial charge < -0.3 is 10.2 Å². The molecule has 0 heterocycles. The van der Waals surface area contributed by atoms with E-state index in [1.54, 1.807) is 0 Å². The van der Waals surface area contributed by atoms with E-state index in [2.05, 4.69) is 0 Å². The maximum Gasteiger partial charge on any atom is 0.303 e. The predicted octanol–water partition coefficient (Wildman–Crippen LogP) is 2.18. The number of carboxylic acid groups (broad SMARTS) is 2. The highest BCUT2D eigenvalue weighted by atomic mass is 16.4. The van der Waals surface area contributed by atoms with Crippen LogP contribution in [-0.2, 0) is 16.0 Å². The van der Waals surface area contributed by atoms with Gasteiger partial charge in [-0.2, -0.15) is 0 Å². The fourth-order valence-corrected chi connectivity index (χ4v) is 1.80. The molecule has 1 aromatic rings. The summed E-state index contributed by atoms with van der Waals surface area (Å²) in [4.78, 5) is 21.2. The van der Waals surface area contributed by atoms with Gasteiger partial charge in [-0.3, -0.25) is 9.59 Å². The quantitative estimate of drug-likeness (QED) is 0.761. The highest BCUT2D eigenvalue weighted by Gasteiger charge is 2.15. The summed E-state index contributed by atoms with van der Waals surface area (Å²) in [6, 6.07) is 9.53. The Morgan fingerprint density at radius 1 is 1.06 bits per heavy atom. The van der Waals surface area contributed by atoms with Crippen LogP contribution in [0, 0.1) is 5.92 Å². The van der Waals surface area contributed by atoms with Gasteiger partial charge in [0.2, 0.25) is 0 Å². The molecule has 0 saturated heterocycles. The van der Waals surface area contributed by atoms with E-state index in [1.165, 1.54) is 0 Å². The molecule has 1 rings (SSSR count). The second-order valence-electron chi connectivity index (χ2n) is 4.09. The van der Waals surface area contributed by atoms with Crippen LogP contribution in [0.1, 0.15) is 24.8 Å². The Morgan fingerprint density at radius 3 is 2.24 bits per heavy atom. The summed E-state index contributed by atoms with van der Waals surface area (Å²) in [5.74, 6) is -1.88. The van der Waals surface area contributed by atoms with E-state index in [0.717, 1.165) is 5.56 Å². The van der Waals surface area contributed by atoms with Gasteiger partial charge >= 0.3 is 11.9 Å². The van der Waals surface area contributed by atoms with E-state index in [1.807, 2.05) is 30.3 Å². The van der Waals surface area contributed by atoms with Crippen molar-refractivity contribution in [2.24, 2.45) is 5.92 Å². The van der Waals surface area contributed by atoms with Gasteiger partial charge in [0.05, 0.1) is 0 Å². The molecule has 0 radical (unpaired) electrons. The molecule has 1 aromatic carbocycles. The van der Waals surface area contributed by atoms with E-state index in [4.69, 9.17) is 10.2 Å². The lowest BCUT2D eigenvalue weighted by molar-refractivity contribution is -0.140. The maximum absolute atomic E-state index is 10.7. The molecule has 0 unspecified atom stereocenters. The minimum absolute atomic E-state index is 0.0160. The van der Waals surface area contributed by atoms with Crippen molar-refractivity contribution in [3.8, 4) is 0 Å². The lowest BCUT2D eigenvalue weighted by Crippen LogP contribution is -2.12. The highest BCUT2D eigenvalue weighted by molar-refractivity contribution is 5.68. The smallest absolute Gasteiger partial charge is 0.303 e. The maximum atomic E-state index is 10.7. The number of hydrogen-bond donors (Lipinski definition) is 2. The monoisotopic (exact) mass is 236 g/mol. The topological polar surface area (TPSA) is 74.6 Å². The van der Waals surface area contributed by atoms with Gasteiger partial charge in [-0.25, -0.2) is 0 Å². The molecule has 4 heteroatoms. The first kappa shape index (κ1) is 13.2. The van der Waals surface area contributed by atoms with Crippen molar-refractivity contribution in [2.45, 2.75) is 25.7 Å². The number of hydrogen-bond acceptors (Lipinski definition) is 2. The van der Waals surface area contributed by atoms with Crippen molar-refractivity contribution >= 4 is 11.9 Å². The van der Waals surface area contributed by atoms with Crippen molar-refractivity contribution in [3.05, 3.63) is 35.9 Å². The van der Waals surface area contributed by atoms with Gasteiger partial charge in [0, 0.05) is 12.8 Å². The van der Waals surface area contributed by atoms with Crippen molar-refractivity contribution < 1.29 is 19.8 Å². The van der Waals surface area contributed by atoms with Crippen LogP contribution in [-0.4, -0.2) is 22.2 Å². The molecule has 2 N–H and O–H groups in total. The van der Waals surface area contributed by atoms with Gasteiger partial charge in [-0.1, -0.05) is 30.3 Å². The second-order valence-corrected chi connectivity index (χ2v) is 4.09. The molecule has 0 amide bonds. The largest absolute Gasteiger partial charge is 0.481 e. The van der Waals surface area contributed by atoms with Gasteiger partial charge in [-0.15, -0.1) is 0 Å². The van der Waals surface area contributed by atoms with Crippen LogP contribution in [0.15, 0.2) is 30.3 Å². The van der Waals surface area contributed by atoms with Crippen LogP contribution in [0.5, 0.6) is 0 Å². The summed E-state index contributed by atoms with van der Waals surface area (Å²) < 4.78 is 0. The number of aliphatic carboxylic acids is 2. The van der Waals surface area contributed by atoms with Crippen LogP contribution < -0.4 is 0 Å². The molecule has 0 fully saturated rings. The molecule has 0 aliphatic rings. The van der Waals surface area contributed by atoms with E-state index in [-0.39, 0.29) is 18.8 Å². The summed E-state index contributed by atoms with van der Waals surface area (Å²) >= 11 is 0. The highest BCUT2D eigenvalue weighted by Crippen LogP contribution is 2.17. The molecule has 0 aromatic heterocycles. The minimum atomic E-state index is -0.881. The molecule has 0 spiro atoms. The van der Waals surface area contributed by atoms with Crippen molar-refractivity contribution in [3.63, 3.8) is 0 Å². The van der Waals surface area contributed by atoms with Gasteiger partial charge in [0.1, 0.15) is 0 Å². The van der Waals surface area contributed by atoms with E-state index < -0.39 is 11.9 Å². The average Bonchev–Trinajstić information content (AvgIpc) is 2.26. The van der Waals surface area contributed by atoms with Crippen molar-refractivity contribution in [2.75, 3.05) is 0 Å². The van der Waals surface area contributed by atoms with E-state index in [9.17, 15) is 9.59 Å². The van der Waals surface area contributed by atoms with Crippen LogP contribution >= 0.6 is 0 Å². The zero-order valence-corrected chi connectivity index (χ0v) is 9.50. The summed E-state index contributed by atoms with van der Waals surface area (Å²) in [5, 5.41) is 17.4. The Kier molecular flexibility index (Phi) is 5.20. The summed E-state index contributed by atoms with van der Waals surface area (Å²) in [6.45, 7) is 0. The number of carbonyl (C=O) groups is 2. The predicted molar refractivity (Wildman–Crippen MR) is 62.8 cm³/mol. The summed E-state index contributed by atoms with van der Waals surface area (Å²) in [6.07, 6.45) is 1.05. The molecule has 4 nitrogen and oxygen atoms in total. The van der Waals surface area contributed by atoms with Crippen LogP contribution in [0.4, 0.5) is 0 Å². The number of benzene rings is 1. The Labute approximate surface area is 99.9 Å². The fourth-order valence-electron chi connectivity index (χ4n) is 1.80. The first-order chi connectivity index (χ1) is 8.08. The normalized spacial score (nSPS) is 12.0. The zero-order valence-electron chi connectivity index (χ0n) is 9.50. The Morgan fingerprint density at radius 2 is 1.71 bits per heavy atom.